The Labute approximate surface area is 211 Å². The number of nitrogens with zero attached hydrogens (tertiary/aromatic N) is 4. The van der Waals surface area contributed by atoms with Gasteiger partial charge >= 0.3 is 7.82 Å². The summed E-state index contributed by atoms with van der Waals surface area (Å²) in [5, 5.41) is 20.2. The van der Waals surface area contributed by atoms with Crippen molar-refractivity contribution in [2.45, 2.75) is 39.5 Å². The number of aromatic nitrogens is 3. The summed E-state index contributed by atoms with van der Waals surface area (Å²) >= 11 is 0. The zero-order valence-corrected chi connectivity index (χ0v) is 22.2. The van der Waals surface area contributed by atoms with Crippen molar-refractivity contribution in [1.82, 2.24) is 19.9 Å². The van der Waals surface area contributed by atoms with Crippen molar-refractivity contribution in [3.8, 4) is 11.4 Å². The Morgan fingerprint density at radius 3 is 2.33 bits per heavy atom. The second-order valence-corrected chi connectivity index (χ2v) is 9.89. The Morgan fingerprint density at radius 2 is 1.75 bits per heavy atom. The number of phenols is 1. The zero-order valence-electron chi connectivity index (χ0n) is 21.3. The van der Waals surface area contributed by atoms with Crippen LogP contribution in [0.5, 0.6) is 5.75 Å². The molecule has 1 aromatic heterocycles. The van der Waals surface area contributed by atoms with Gasteiger partial charge in [-0.25, -0.2) is 4.57 Å². The number of hydrogen-bond donors (Lipinski definition) is 2. The van der Waals surface area contributed by atoms with Crippen molar-refractivity contribution in [2.75, 3.05) is 40.5 Å². The van der Waals surface area contributed by atoms with E-state index in [1.54, 1.807) is 21.1 Å². The number of phenolic OH excluding ortho intramolecular Hbond substituents is 1. The number of rotatable bonds is 14. The number of fused-ring (bicyclic) bond motifs is 1. The number of methoxy groups -OCH3 is 2. The van der Waals surface area contributed by atoms with E-state index in [9.17, 15) is 14.6 Å². The molecule has 2 unspecified atom stereocenters. The van der Waals surface area contributed by atoms with Gasteiger partial charge in [0, 0.05) is 33.4 Å². The highest BCUT2D eigenvalue weighted by Gasteiger charge is 2.24. The van der Waals surface area contributed by atoms with Crippen molar-refractivity contribution < 1.29 is 33.1 Å². The molecular weight excluding hydrogens is 487 g/mol. The van der Waals surface area contributed by atoms with Gasteiger partial charge in [-0.3, -0.25) is 13.9 Å². The number of benzene rings is 2. The molecule has 0 bridgehead atoms. The van der Waals surface area contributed by atoms with Crippen LogP contribution in [-0.2, 0) is 29.5 Å². The Bertz CT molecular complexity index is 1150. The molecule has 0 saturated heterocycles. The Morgan fingerprint density at radius 1 is 1.11 bits per heavy atom. The number of phosphoric ester groups is 1. The van der Waals surface area contributed by atoms with E-state index < -0.39 is 14.1 Å². The lowest BCUT2D eigenvalue weighted by molar-refractivity contribution is -0.120. The third-order valence-corrected chi connectivity index (χ3v) is 6.88. The number of aryl methyl sites for hydroxylation is 1. The van der Waals surface area contributed by atoms with Gasteiger partial charge in [0.1, 0.15) is 22.5 Å². The summed E-state index contributed by atoms with van der Waals surface area (Å²) in [5.41, 5.74) is 3.63. The molecule has 198 valence electrons. The Hall–Kier alpha value is -2.37. The summed E-state index contributed by atoms with van der Waals surface area (Å²) in [6.45, 7) is 6.29. The van der Waals surface area contributed by atoms with Crippen molar-refractivity contribution >= 4 is 18.9 Å². The van der Waals surface area contributed by atoms with Crippen LogP contribution < -0.4 is 0 Å². The molecule has 3 rings (SSSR count). The number of aromatic hydroxyl groups is 1. The van der Waals surface area contributed by atoms with Gasteiger partial charge in [0.05, 0.1) is 13.2 Å². The summed E-state index contributed by atoms with van der Waals surface area (Å²) in [5.74, 6) is 0.0928. The summed E-state index contributed by atoms with van der Waals surface area (Å²) < 4.78 is 32.5. The van der Waals surface area contributed by atoms with Gasteiger partial charge in [-0.15, -0.1) is 15.0 Å². The summed E-state index contributed by atoms with van der Waals surface area (Å²) in [6, 6.07) is 11.2. The molecule has 0 aliphatic rings. The molecule has 3 aromatic rings. The van der Waals surface area contributed by atoms with Crippen LogP contribution in [0.15, 0.2) is 36.4 Å². The minimum atomic E-state index is -4.11. The first kappa shape index (κ1) is 28.2. The van der Waals surface area contributed by atoms with Gasteiger partial charge < -0.3 is 19.5 Å². The summed E-state index contributed by atoms with van der Waals surface area (Å²) in [4.78, 5) is 13.2. The highest BCUT2D eigenvalue weighted by atomic mass is 31.2. The quantitative estimate of drug-likeness (QED) is 0.240. The van der Waals surface area contributed by atoms with Crippen molar-refractivity contribution in [2.24, 2.45) is 0 Å². The van der Waals surface area contributed by atoms with E-state index >= 15 is 0 Å². The summed E-state index contributed by atoms with van der Waals surface area (Å²) in [7, 11) is -1.02. The molecule has 36 heavy (non-hydrogen) atoms. The first-order valence-corrected chi connectivity index (χ1v) is 13.2. The van der Waals surface area contributed by atoms with E-state index in [4.69, 9.17) is 18.5 Å². The van der Waals surface area contributed by atoms with Crippen LogP contribution in [0.1, 0.15) is 25.0 Å². The van der Waals surface area contributed by atoms with Crippen LogP contribution in [0.4, 0.5) is 0 Å². The third-order valence-electron chi connectivity index (χ3n) is 5.79. The van der Waals surface area contributed by atoms with Crippen LogP contribution in [0.3, 0.4) is 0 Å². The van der Waals surface area contributed by atoms with Crippen LogP contribution in [-0.4, -0.2) is 82.7 Å². The zero-order chi connectivity index (χ0) is 26.3. The van der Waals surface area contributed by atoms with Crippen LogP contribution in [0, 0.1) is 6.92 Å². The van der Waals surface area contributed by atoms with Gasteiger partial charge in [0.15, 0.2) is 6.29 Å². The van der Waals surface area contributed by atoms with Gasteiger partial charge in [-0.1, -0.05) is 18.2 Å². The third kappa shape index (κ3) is 7.33. The van der Waals surface area contributed by atoms with Crippen LogP contribution in [0.2, 0.25) is 0 Å². The maximum absolute atomic E-state index is 11.9. The number of hydrogen-bond acceptors (Lipinski definition) is 9. The molecular formula is C24H35N4O7P. The smallest absolute Gasteiger partial charge is 0.472 e. The fourth-order valence-corrected chi connectivity index (χ4v) is 4.67. The Balaban J connectivity index is 1.82. The summed E-state index contributed by atoms with van der Waals surface area (Å²) in [6.07, 6.45) is -0.0356. The molecule has 2 N–H and O–H groups in total. The van der Waals surface area contributed by atoms with Gasteiger partial charge in [-0.05, 0) is 56.5 Å². The highest BCUT2D eigenvalue weighted by Crippen LogP contribution is 2.42. The molecule has 0 saturated carbocycles. The first-order chi connectivity index (χ1) is 17.2. The van der Waals surface area contributed by atoms with Crippen LogP contribution >= 0.6 is 7.82 Å². The minimum absolute atomic E-state index is 0.0346. The van der Waals surface area contributed by atoms with Crippen molar-refractivity contribution in [1.29, 1.82) is 0 Å². The van der Waals surface area contributed by atoms with E-state index in [2.05, 4.69) is 10.2 Å². The lowest BCUT2D eigenvalue weighted by Crippen LogP contribution is -2.43. The average molecular weight is 523 g/mol. The van der Waals surface area contributed by atoms with Crippen molar-refractivity contribution in [3.05, 3.63) is 47.5 Å². The fourth-order valence-electron chi connectivity index (χ4n) is 3.96. The average Bonchev–Trinajstić information content (AvgIpc) is 3.27. The molecule has 2 aromatic carbocycles. The lowest BCUT2D eigenvalue weighted by Gasteiger charge is -2.32. The SMILES string of the molecule is CCOP(=O)(O)OCCN(CC(OC)OC)C(C)Cc1cc(C)cc(-n2nc3ccccc3n2)c1O. The number of phosphoric acid groups is 1. The molecule has 0 fully saturated rings. The Kier molecular flexibility index (Phi) is 9.98. The molecule has 0 aliphatic carbocycles. The molecule has 2 atom stereocenters. The fraction of sp³-hybridized carbons (Fsp3) is 0.500. The van der Waals surface area contributed by atoms with Crippen LogP contribution in [0.25, 0.3) is 16.7 Å². The van der Waals surface area contributed by atoms with E-state index in [0.717, 1.165) is 22.2 Å². The minimum Gasteiger partial charge on any atom is -0.505 e. The molecule has 12 heteroatoms. The second-order valence-electron chi connectivity index (χ2n) is 8.44. The van der Waals surface area contributed by atoms with Gasteiger partial charge in [0.2, 0.25) is 0 Å². The first-order valence-electron chi connectivity index (χ1n) is 11.7. The predicted molar refractivity (Wildman–Crippen MR) is 135 cm³/mol. The van der Waals surface area contributed by atoms with Crippen molar-refractivity contribution in [3.63, 3.8) is 0 Å². The second kappa shape index (κ2) is 12.7. The molecule has 0 radical (unpaired) electrons. The highest BCUT2D eigenvalue weighted by molar-refractivity contribution is 7.47. The van der Waals surface area contributed by atoms with E-state index in [1.807, 2.05) is 55.1 Å². The predicted octanol–water partition coefficient (Wildman–Crippen LogP) is 3.44. The lowest BCUT2D eigenvalue weighted by atomic mass is 10.0. The molecule has 0 spiro atoms. The molecule has 1 heterocycles. The normalized spacial score (nSPS) is 14.6. The van der Waals surface area contributed by atoms with Gasteiger partial charge in [0.25, 0.3) is 0 Å². The van der Waals surface area contributed by atoms with E-state index in [1.165, 1.54) is 4.80 Å². The van der Waals surface area contributed by atoms with E-state index in [-0.39, 0.29) is 25.0 Å². The molecule has 0 amide bonds. The molecule has 0 aliphatic heterocycles. The maximum atomic E-state index is 11.9. The largest absolute Gasteiger partial charge is 0.505 e. The van der Waals surface area contributed by atoms with Gasteiger partial charge in [-0.2, -0.15) is 0 Å². The monoisotopic (exact) mass is 522 g/mol. The maximum Gasteiger partial charge on any atom is 0.472 e. The molecule has 11 nitrogen and oxygen atoms in total. The number of ether oxygens (including phenoxy) is 2. The standard InChI is InChI=1S/C24H35N4O7P/c1-6-34-36(30,31)35-12-11-27(16-23(32-4)33-5)18(3)15-19-13-17(2)14-22(24(19)29)28-25-20-9-7-8-10-21(20)26-28/h7-10,13-14,18,23,29H,6,11-12,15-16H2,1-5H3,(H,30,31). The van der Waals surface area contributed by atoms with E-state index in [0.29, 0.717) is 25.2 Å². The topological polar surface area (TPSA) is 128 Å².